The second-order valence-corrected chi connectivity index (χ2v) is 3.26. The van der Waals surface area contributed by atoms with E-state index in [4.69, 9.17) is 0 Å². The molecule has 0 saturated heterocycles. The van der Waals surface area contributed by atoms with Gasteiger partial charge in [0.15, 0.2) is 0 Å². The largest absolute Gasteiger partial charge is 0.395 e. The van der Waals surface area contributed by atoms with E-state index in [1.54, 1.807) is 7.05 Å². The van der Waals surface area contributed by atoms with Gasteiger partial charge in [0.1, 0.15) is 0 Å². The minimum absolute atomic E-state index is 0.192. The van der Waals surface area contributed by atoms with Crippen LogP contribution in [-0.4, -0.2) is 19.6 Å². The summed E-state index contributed by atoms with van der Waals surface area (Å²) < 4.78 is 37.0. The van der Waals surface area contributed by atoms with Gasteiger partial charge in [-0.05, 0) is 19.3 Å². The summed E-state index contributed by atoms with van der Waals surface area (Å²) in [7, 11) is 1.57. The van der Waals surface area contributed by atoms with Crippen molar-refractivity contribution in [2.24, 2.45) is 10.9 Å². The van der Waals surface area contributed by atoms with E-state index in [1.807, 2.05) is 0 Å². The van der Waals surface area contributed by atoms with Gasteiger partial charge in [-0.15, -0.1) is 0 Å². The molecule has 1 N–H and O–H groups in total. The molecule has 0 bridgehead atoms. The molecule has 0 heterocycles. The van der Waals surface area contributed by atoms with Crippen LogP contribution in [-0.2, 0) is 0 Å². The SMILES string of the molecule is CN=CNC1=CC(C(F)(F)F)CCC1. The lowest BCUT2D eigenvalue weighted by molar-refractivity contribution is -0.164. The van der Waals surface area contributed by atoms with Crippen LogP contribution in [0.25, 0.3) is 0 Å². The first kappa shape index (κ1) is 11.1. The molecule has 5 heteroatoms. The highest BCUT2D eigenvalue weighted by Crippen LogP contribution is 2.35. The van der Waals surface area contributed by atoms with E-state index in [0.717, 1.165) is 0 Å². The molecule has 0 fully saturated rings. The summed E-state index contributed by atoms with van der Waals surface area (Å²) in [5.74, 6) is -1.30. The van der Waals surface area contributed by atoms with E-state index in [0.29, 0.717) is 18.5 Å². The van der Waals surface area contributed by atoms with Crippen molar-refractivity contribution in [3.8, 4) is 0 Å². The Labute approximate surface area is 80.9 Å². The van der Waals surface area contributed by atoms with Crippen LogP contribution in [0.1, 0.15) is 19.3 Å². The fraction of sp³-hybridized carbons (Fsp3) is 0.667. The highest BCUT2D eigenvalue weighted by atomic mass is 19.4. The molecule has 1 rings (SSSR count). The molecule has 0 amide bonds. The first-order chi connectivity index (χ1) is 6.54. The highest BCUT2D eigenvalue weighted by Gasteiger charge is 2.38. The molecule has 1 aliphatic carbocycles. The monoisotopic (exact) mass is 206 g/mol. The summed E-state index contributed by atoms with van der Waals surface area (Å²) in [4.78, 5) is 3.66. The molecule has 0 aromatic heterocycles. The summed E-state index contributed by atoms with van der Waals surface area (Å²) in [6, 6.07) is 0. The third-order valence-electron chi connectivity index (χ3n) is 2.16. The fourth-order valence-electron chi connectivity index (χ4n) is 1.45. The van der Waals surface area contributed by atoms with Crippen molar-refractivity contribution in [1.82, 2.24) is 5.32 Å². The Kier molecular flexibility index (Phi) is 3.55. The van der Waals surface area contributed by atoms with Gasteiger partial charge in [0.25, 0.3) is 0 Å². The smallest absolute Gasteiger partial charge is 0.350 e. The van der Waals surface area contributed by atoms with Crippen LogP contribution in [0.2, 0.25) is 0 Å². The van der Waals surface area contributed by atoms with Crippen LogP contribution in [0.5, 0.6) is 0 Å². The van der Waals surface area contributed by atoms with E-state index in [2.05, 4.69) is 10.3 Å². The molecule has 0 spiro atoms. The van der Waals surface area contributed by atoms with Crippen molar-refractivity contribution in [2.45, 2.75) is 25.4 Å². The summed E-state index contributed by atoms with van der Waals surface area (Å²) in [5.41, 5.74) is 0.615. The average Bonchev–Trinajstić information content (AvgIpc) is 2.14. The van der Waals surface area contributed by atoms with Gasteiger partial charge in [-0.25, -0.2) is 0 Å². The molecule has 0 aromatic carbocycles. The molecule has 0 radical (unpaired) electrons. The first-order valence-corrected chi connectivity index (χ1v) is 4.48. The van der Waals surface area contributed by atoms with Gasteiger partial charge in [0.2, 0.25) is 0 Å². The number of aliphatic imine (C=N–C) groups is 1. The molecular formula is C9H13F3N2. The van der Waals surface area contributed by atoms with Gasteiger partial charge >= 0.3 is 6.18 Å². The summed E-state index contributed by atoms with van der Waals surface area (Å²) in [5, 5.41) is 2.74. The number of nitrogens with one attached hydrogen (secondary N) is 1. The maximum Gasteiger partial charge on any atom is 0.395 e. The van der Waals surface area contributed by atoms with Gasteiger partial charge in [0, 0.05) is 12.7 Å². The molecule has 0 aliphatic heterocycles. The van der Waals surface area contributed by atoms with E-state index in [1.165, 1.54) is 12.4 Å². The highest BCUT2D eigenvalue weighted by molar-refractivity contribution is 5.57. The van der Waals surface area contributed by atoms with E-state index < -0.39 is 12.1 Å². The van der Waals surface area contributed by atoms with Gasteiger partial charge in [-0.2, -0.15) is 13.2 Å². The Morgan fingerprint density at radius 2 is 2.29 bits per heavy atom. The summed E-state index contributed by atoms with van der Waals surface area (Å²) >= 11 is 0. The van der Waals surface area contributed by atoms with E-state index in [9.17, 15) is 13.2 Å². The van der Waals surface area contributed by atoms with Gasteiger partial charge in [-0.1, -0.05) is 6.08 Å². The molecule has 1 aliphatic rings. The van der Waals surface area contributed by atoms with Crippen molar-refractivity contribution < 1.29 is 13.2 Å². The average molecular weight is 206 g/mol. The Bertz CT molecular complexity index is 243. The molecule has 1 atom stereocenters. The molecule has 0 aromatic rings. The number of alkyl halides is 3. The molecule has 80 valence electrons. The van der Waals surface area contributed by atoms with Gasteiger partial charge in [0.05, 0.1) is 12.3 Å². The topological polar surface area (TPSA) is 24.4 Å². The van der Waals surface area contributed by atoms with Crippen molar-refractivity contribution in [3.63, 3.8) is 0 Å². The van der Waals surface area contributed by atoms with Crippen LogP contribution in [0.15, 0.2) is 16.8 Å². The lowest BCUT2D eigenvalue weighted by Crippen LogP contribution is -2.26. The summed E-state index contributed by atoms with van der Waals surface area (Å²) in [6.45, 7) is 0. The number of hydrogen-bond acceptors (Lipinski definition) is 1. The lowest BCUT2D eigenvalue weighted by atomic mass is 9.93. The zero-order chi connectivity index (χ0) is 10.6. The van der Waals surface area contributed by atoms with Crippen molar-refractivity contribution in [1.29, 1.82) is 0 Å². The van der Waals surface area contributed by atoms with Crippen molar-refractivity contribution >= 4 is 6.34 Å². The number of halogens is 3. The molecule has 14 heavy (non-hydrogen) atoms. The molecule has 2 nitrogen and oxygen atoms in total. The van der Waals surface area contributed by atoms with E-state index in [-0.39, 0.29) is 6.42 Å². The standard InChI is InChI=1S/C9H13F3N2/c1-13-6-14-8-4-2-3-7(5-8)9(10,11)12/h5-7H,2-4H2,1H3,(H,13,14). The predicted molar refractivity (Wildman–Crippen MR) is 49.0 cm³/mol. The zero-order valence-corrected chi connectivity index (χ0v) is 7.93. The zero-order valence-electron chi connectivity index (χ0n) is 7.93. The Morgan fingerprint density at radius 3 is 2.86 bits per heavy atom. The second-order valence-electron chi connectivity index (χ2n) is 3.26. The third kappa shape index (κ3) is 3.05. The first-order valence-electron chi connectivity index (χ1n) is 4.48. The van der Waals surface area contributed by atoms with Crippen molar-refractivity contribution in [2.75, 3.05) is 7.05 Å². The molecule has 1 unspecified atom stereocenters. The lowest BCUT2D eigenvalue weighted by Gasteiger charge is -2.22. The Hall–Kier alpha value is -1.00. The number of allylic oxidation sites excluding steroid dienone is 2. The van der Waals surface area contributed by atoms with Gasteiger partial charge < -0.3 is 5.32 Å². The van der Waals surface area contributed by atoms with E-state index >= 15 is 0 Å². The molecular weight excluding hydrogens is 193 g/mol. The fourth-order valence-corrected chi connectivity index (χ4v) is 1.45. The maximum atomic E-state index is 12.3. The molecule has 0 saturated carbocycles. The van der Waals surface area contributed by atoms with Gasteiger partial charge in [-0.3, -0.25) is 4.99 Å². The van der Waals surface area contributed by atoms with Crippen LogP contribution in [0.4, 0.5) is 13.2 Å². The number of rotatable bonds is 2. The number of hydrogen-bond donors (Lipinski definition) is 1. The normalized spacial score (nSPS) is 23.7. The maximum absolute atomic E-state index is 12.3. The quantitative estimate of drug-likeness (QED) is 0.544. The summed E-state index contributed by atoms with van der Waals surface area (Å²) in [6.07, 6.45) is -0.0242. The second kappa shape index (κ2) is 4.48. The minimum Gasteiger partial charge on any atom is -0.350 e. The van der Waals surface area contributed by atoms with Crippen LogP contribution in [0, 0.1) is 5.92 Å². The van der Waals surface area contributed by atoms with Crippen LogP contribution in [0.3, 0.4) is 0 Å². The Morgan fingerprint density at radius 1 is 1.57 bits per heavy atom. The van der Waals surface area contributed by atoms with Crippen molar-refractivity contribution in [3.05, 3.63) is 11.8 Å². The number of nitrogens with zero attached hydrogens (tertiary/aromatic N) is 1. The van der Waals surface area contributed by atoms with Crippen LogP contribution >= 0.6 is 0 Å². The van der Waals surface area contributed by atoms with Crippen LogP contribution < -0.4 is 5.32 Å². The minimum atomic E-state index is -4.11. The predicted octanol–water partition coefficient (Wildman–Crippen LogP) is 2.48. The Balaban J connectivity index is 2.64. The third-order valence-corrected chi connectivity index (χ3v) is 2.16.